The van der Waals surface area contributed by atoms with E-state index in [-0.39, 0.29) is 17.3 Å². The minimum atomic E-state index is -0.500. The van der Waals surface area contributed by atoms with Crippen LogP contribution in [0.4, 0.5) is 15.9 Å². The molecule has 0 aliphatic rings. The molecule has 3 aromatic rings. The molecule has 0 saturated heterocycles. The maximum Gasteiger partial charge on any atom is 0.280 e. The van der Waals surface area contributed by atoms with Crippen molar-refractivity contribution >= 4 is 33.3 Å². The number of rotatable bonds is 4. The van der Waals surface area contributed by atoms with Crippen molar-refractivity contribution in [2.75, 3.05) is 11.1 Å². The third kappa shape index (κ3) is 3.60. The summed E-state index contributed by atoms with van der Waals surface area (Å²) >= 11 is 3.40. The van der Waals surface area contributed by atoms with Crippen LogP contribution in [0.25, 0.3) is 0 Å². The average molecular weight is 390 g/mol. The van der Waals surface area contributed by atoms with Crippen LogP contribution < -0.4 is 11.1 Å². The van der Waals surface area contributed by atoms with Gasteiger partial charge in [0.2, 0.25) is 0 Å². The van der Waals surface area contributed by atoms with Gasteiger partial charge in [-0.3, -0.25) is 4.79 Å². The summed E-state index contributed by atoms with van der Waals surface area (Å²) in [5.41, 5.74) is 7.41. The quantitative estimate of drug-likeness (QED) is 0.717. The SMILES string of the molecule is Nc1c(C(=O)Nc2ccc(F)cc2)nnn1Cc1cccc(Br)c1. The lowest BCUT2D eigenvalue weighted by Crippen LogP contribution is -2.15. The summed E-state index contributed by atoms with van der Waals surface area (Å²) in [6.07, 6.45) is 0. The van der Waals surface area contributed by atoms with Crippen LogP contribution in [-0.4, -0.2) is 20.9 Å². The largest absolute Gasteiger partial charge is 0.382 e. The number of nitrogens with zero attached hydrogens (tertiary/aromatic N) is 3. The third-order valence-corrected chi connectivity index (χ3v) is 3.81. The number of nitrogens with one attached hydrogen (secondary N) is 1. The lowest BCUT2D eigenvalue weighted by Gasteiger charge is -2.05. The molecule has 1 aromatic heterocycles. The molecule has 8 heteroatoms. The van der Waals surface area contributed by atoms with Crippen LogP contribution in [0.2, 0.25) is 0 Å². The number of nitrogens with two attached hydrogens (primary N) is 1. The summed E-state index contributed by atoms with van der Waals surface area (Å²) in [7, 11) is 0. The smallest absolute Gasteiger partial charge is 0.280 e. The van der Waals surface area contributed by atoms with Crippen LogP contribution in [-0.2, 0) is 6.54 Å². The van der Waals surface area contributed by atoms with Crippen LogP contribution in [0.15, 0.2) is 53.0 Å². The molecule has 6 nitrogen and oxygen atoms in total. The monoisotopic (exact) mass is 389 g/mol. The lowest BCUT2D eigenvalue weighted by atomic mass is 10.2. The maximum atomic E-state index is 12.9. The van der Waals surface area contributed by atoms with Crippen molar-refractivity contribution in [3.05, 3.63) is 70.1 Å². The lowest BCUT2D eigenvalue weighted by molar-refractivity contribution is 0.102. The summed E-state index contributed by atoms with van der Waals surface area (Å²) in [5, 5.41) is 10.4. The second kappa shape index (κ2) is 6.79. The molecule has 1 heterocycles. The van der Waals surface area contributed by atoms with Gasteiger partial charge in [0.25, 0.3) is 5.91 Å². The van der Waals surface area contributed by atoms with Gasteiger partial charge in [0.1, 0.15) is 5.82 Å². The highest BCUT2D eigenvalue weighted by Crippen LogP contribution is 2.16. The molecule has 0 radical (unpaired) electrons. The Kier molecular flexibility index (Phi) is 4.57. The number of nitrogen functional groups attached to an aromatic ring is 1. The van der Waals surface area contributed by atoms with E-state index < -0.39 is 5.91 Å². The van der Waals surface area contributed by atoms with E-state index in [0.717, 1.165) is 10.0 Å². The van der Waals surface area contributed by atoms with Crippen molar-refractivity contribution in [3.63, 3.8) is 0 Å². The number of carbonyl (C=O) groups excluding carboxylic acids is 1. The number of aromatic nitrogens is 3. The number of hydrogen-bond donors (Lipinski definition) is 2. The van der Waals surface area contributed by atoms with Gasteiger partial charge in [-0.05, 0) is 42.0 Å². The summed E-state index contributed by atoms with van der Waals surface area (Å²) in [6, 6.07) is 13.1. The second-order valence-corrected chi connectivity index (χ2v) is 5.99. The van der Waals surface area contributed by atoms with E-state index in [1.807, 2.05) is 24.3 Å². The molecular formula is C16H13BrFN5O. The second-order valence-electron chi connectivity index (χ2n) is 5.07. The van der Waals surface area contributed by atoms with E-state index in [0.29, 0.717) is 12.2 Å². The van der Waals surface area contributed by atoms with Gasteiger partial charge in [0.05, 0.1) is 6.54 Å². The predicted molar refractivity (Wildman–Crippen MR) is 92.0 cm³/mol. The Balaban J connectivity index is 1.76. The summed E-state index contributed by atoms with van der Waals surface area (Å²) in [5.74, 6) is -0.721. The van der Waals surface area contributed by atoms with Crippen molar-refractivity contribution < 1.29 is 9.18 Å². The van der Waals surface area contributed by atoms with Crippen LogP contribution in [0.3, 0.4) is 0 Å². The molecule has 0 unspecified atom stereocenters. The maximum absolute atomic E-state index is 12.9. The highest BCUT2D eigenvalue weighted by atomic mass is 79.9. The molecule has 0 aliphatic heterocycles. The molecule has 0 bridgehead atoms. The minimum absolute atomic E-state index is 0.0225. The number of benzene rings is 2. The molecule has 2 aromatic carbocycles. The van der Waals surface area contributed by atoms with Crippen LogP contribution in [0, 0.1) is 5.82 Å². The molecular weight excluding hydrogens is 377 g/mol. The van der Waals surface area contributed by atoms with Crippen molar-refractivity contribution in [2.24, 2.45) is 0 Å². The number of hydrogen-bond acceptors (Lipinski definition) is 4. The van der Waals surface area contributed by atoms with Gasteiger partial charge in [-0.15, -0.1) is 5.10 Å². The first kappa shape index (κ1) is 16.1. The van der Waals surface area contributed by atoms with Gasteiger partial charge in [-0.25, -0.2) is 9.07 Å². The van der Waals surface area contributed by atoms with Gasteiger partial charge < -0.3 is 11.1 Å². The number of carbonyl (C=O) groups is 1. The van der Waals surface area contributed by atoms with Gasteiger partial charge in [0.15, 0.2) is 11.5 Å². The van der Waals surface area contributed by atoms with Crippen molar-refractivity contribution in [1.29, 1.82) is 0 Å². The fourth-order valence-corrected chi connectivity index (χ4v) is 2.58. The topological polar surface area (TPSA) is 85.8 Å². The molecule has 3 N–H and O–H groups in total. The average Bonchev–Trinajstić information content (AvgIpc) is 2.91. The van der Waals surface area contributed by atoms with E-state index in [1.54, 1.807) is 0 Å². The van der Waals surface area contributed by atoms with Gasteiger partial charge >= 0.3 is 0 Å². The summed E-state index contributed by atoms with van der Waals surface area (Å²) in [6.45, 7) is 0.391. The Hall–Kier alpha value is -2.74. The zero-order valence-electron chi connectivity index (χ0n) is 12.4. The normalized spacial score (nSPS) is 10.6. The van der Waals surface area contributed by atoms with Crippen molar-refractivity contribution in [2.45, 2.75) is 6.54 Å². The molecule has 0 fully saturated rings. The van der Waals surface area contributed by atoms with E-state index in [1.165, 1.54) is 28.9 Å². The van der Waals surface area contributed by atoms with Gasteiger partial charge in [0, 0.05) is 10.2 Å². The van der Waals surface area contributed by atoms with Crippen LogP contribution in [0.5, 0.6) is 0 Å². The molecule has 122 valence electrons. The van der Waals surface area contributed by atoms with E-state index >= 15 is 0 Å². The fraction of sp³-hybridized carbons (Fsp3) is 0.0625. The van der Waals surface area contributed by atoms with Crippen LogP contribution >= 0.6 is 15.9 Å². The molecule has 0 saturated carbocycles. The minimum Gasteiger partial charge on any atom is -0.382 e. The highest BCUT2D eigenvalue weighted by Gasteiger charge is 2.17. The van der Waals surface area contributed by atoms with Crippen LogP contribution in [0.1, 0.15) is 16.1 Å². The molecule has 0 aliphatic carbocycles. The summed E-state index contributed by atoms with van der Waals surface area (Å²) in [4.78, 5) is 12.2. The van der Waals surface area contributed by atoms with E-state index in [2.05, 4.69) is 31.6 Å². The molecule has 24 heavy (non-hydrogen) atoms. The first-order chi connectivity index (χ1) is 11.5. The molecule has 1 amide bonds. The Labute approximate surface area is 145 Å². The standard InChI is InChI=1S/C16H13BrFN5O/c17-11-3-1-2-10(8-11)9-23-15(19)14(21-22-23)16(24)20-13-6-4-12(18)5-7-13/h1-8H,9,19H2,(H,20,24). The zero-order chi connectivity index (χ0) is 17.1. The Morgan fingerprint density at radius 2 is 2.00 bits per heavy atom. The van der Waals surface area contributed by atoms with Crippen molar-refractivity contribution in [3.8, 4) is 0 Å². The zero-order valence-corrected chi connectivity index (χ0v) is 14.0. The highest BCUT2D eigenvalue weighted by molar-refractivity contribution is 9.10. The first-order valence-corrected chi connectivity index (χ1v) is 7.82. The summed E-state index contributed by atoms with van der Waals surface area (Å²) < 4.78 is 15.3. The molecule has 3 rings (SSSR count). The third-order valence-electron chi connectivity index (χ3n) is 3.31. The Bertz CT molecular complexity index is 878. The van der Waals surface area contributed by atoms with Gasteiger partial charge in [-0.2, -0.15) is 0 Å². The van der Waals surface area contributed by atoms with Crippen molar-refractivity contribution in [1.82, 2.24) is 15.0 Å². The molecule has 0 atom stereocenters. The first-order valence-electron chi connectivity index (χ1n) is 7.03. The molecule has 0 spiro atoms. The number of amides is 1. The van der Waals surface area contributed by atoms with E-state index in [4.69, 9.17) is 5.73 Å². The Morgan fingerprint density at radius 1 is 1.25 bits per heavy atom. The van der Waals surface area contributed by atoms with Gasteiger partial charge in [-0.1, -0.05) is 33.3 Å². The number of halogens is 2. The van der Waals surface area contributed by atoms with E-state index in [9.17, 15) is 9.18 Å². The number of anilines is 2. The predicted octanol–water partition coefficient (Wildman–Crippen LogP) is 3.06. The Morgan fingerprint density at radius 3 is 2.71 bits per heavy atom. The fourth-order valence-electron chi connectivity index (χ4n) is 2.13.